The summed E-state index contributed by atoms with van der Waals surface area (Å²) in [5.41, 5.74) is 5.66. The van der Waals surface area contributed by atoms with Gasteiger partial charge in [0.15, 0.2) is 9.84 Å². The van der Waals surface area contributed by atoms with Crippen molar-refractivity contribution >= 4 is 32.3 Å². The van der Waals surface area contributed by atoms with Gasteiger partial charge in [-0.25, -0.2) is 16.8 Å². The van der Waals surface area contributed by atoms with Crippen LogP contribution in [0.4, 0.5) is 0 Å². The van der Waals surface area contributed by atoms with E-state index in [1.165, 1.54) is 23.5 Å². The van der Waals surface area contributed by atoms with E-state index < -0.39 is 19.9 Å². The van der Waals surface area contributed by atoms with Gasteiger partial charge in [-0.2, -0.15) is 4.31 Å². The topological polar surface area (TPSA) is 107 Å². The molecule has 1 saturated heterocycles. The standard InChI is InChI=1S/C14H22N2O5S2.ClH/c1-21-13-6-5-12(22(2,17)18)8-14(13)23(19,20)16-7-3-4-11(9-15)10-16;/h5-6,8,11H,3-4,7,9-10,15H2,1-2H3;1H. The molecular formula is C14H23ClN2O5S2. The molecule has 0 spiro atoms. The van der Waals surface area contributed by atoms with Crippen LogP contribution >= 0.6 is 12.4 Å². The maximum Gasteiger partial charge on any atom is 0.246 e. The summed E-state index contributed by atoms with van der Waals surface area (Å²) in [5, 5.41) is 0. The molecule has 10 heteroatoms. The Morgan fingerprint density at radius 1 is 1.29 bits per heavy atom. The molecule has 24 heavy (non-hydrogen) atoms. The molecule has 0 amide bonds. The molecule has 1 fully saturated rings. The van der Waals surface area contributed by atoms with E-state index in [1.54, 1.807) is 0 Å². The lowest BCUT2D eigenvalue weighted by Crippen LogP contribution is -2.42. The van der Waals surface area contributed by atoms with E-state index in [1.807, 2.05) is 0 Å². The maximum atomic E-state index is 12.9. The van der Waals surface area contributed by atoms with Crippen LogP contribution in [0.2, 0.25) is 0 Å². The molecule has 1 aromatic carbocycles. The number of benzene rings is 1. The number of piperidine rings is 1. The van der Waals surface area contributed by atoms with E-state index in [4.69, 9.17) is 10.5 Å². The van der Waals surface area contributed by atoms with Gasteiger partial charge in [0.25, 0.3) is 0 Å². The quantitative estimate of drug-likeness (QED) is 0.788. The molecule has 0 bridgehead atoms. The van der Waals surface area contributed by atoms with Crippen LogP contribution in [0, 0.1) is 5.92 Å². The molecule has 1 unspecified atom stereocenters. The summed E-state index contributed by atoms with van der Waals surface area (Å²) in [5.74, 6) is 0.245. The second kappa shape index (κ2) is 8.01. The first-order valence-electron chi connectivity index (χ1n) is 7.28. The van der Waals surface area contributed by atoms with Gasteiger partial charge < -0.3 is 10.5 Å². The Kier molecular flexibility index (Phi) is 7.06. The molecule has 0 aliphatic carbocycles. The van der Waals surface area contributed by atoms with E-state index in [-0.39, 0.29) is 33.9 Å². The number of nitrogens with two attached hydrogens (primary N) is 1. The molecule has 2 N–H and O–H groups in total. The summed E-state index contributed by atoms with van der Waals surface area (Å²) in [6.07, 6.45) is 2.66. The van der Waals surface area contributed by atoms with Crippen molar-refractivity contribution in [3.63, 3.8) is 0 Å². The van der Waals surface area contributed by atoms with Gasteiger partial charge in [0.2, 0.25) is 10.0 Å². The number of hydrogen-bond donors (Lipinski definition) is 1. The minimum absolute atomic E-state index is 0. The Morgan fingerprint density at radius 2 is 1.96 bits per heavy atom. The zero-order valence-electron chi connectivity index (χ0n) is 13.6. The number of ether oxygens (including phenoxy) is 1. The third kappa shape index (κ3) is 4.40. The summed E-state index contributed by atoms with van der Waals surface area (Å²) in [7, 11) is -6.00. The van der Waals surface area contributed by atoms with Crippen molar-refractivity contribution in [2.45, 2.75) is 22.6 Å². The molecule has 1 aliphatic rings. The largest absolute Gasteiger partial charge is 0.495 e. The maximum absolute atomic E-state index is 12.9. The highest BCUT2D eigenvalue weighted by molar-refractivity contribution is 7.91. The predicted molar refractivity (Wildman–Crippen MR) is 93.9 cm³/mol. The van der Waals surface area contributed by atoms with Gasteiger partial charge in [0.05, 0.1) is 12.0 Å². The lowest BCUT2D eigenvalue weighted by molar-refractivity contribution is 0.270. The number of halogens is 1. The molecule has 1 aromatic rings. The van der Waals surface area contributed by atoms with Gasteiger partial charge in [-0.1, -0.05) is 0 Å². The fraction of sp³-hybridized carbons (Fsp3) is 0.571. The molecular weight excluding hydrogens is 376 g/mol. The van der Waals surface area contributed by atoms with E-state index in [2.05, 4.69) is 0 Å². The van der Waals surface area contributed by atoms with E-state index in [9.17, 15) is 16.8 Å². The van der Waals surface area contributed by atoms with Crippen LogP contribution in [0.3, 0.4) is 0 Å². The minimum Gasteiger partial charge on any atom is -0.495 e. The van der Waals surface area contributed by atoms with Crippen molar-refractivity contribution in [1.82, 2.24) is 4.31 Å². The lowest BCUT2D eigenvalue weighted by Gasteiger charge is -2.31. The van der Waals surface area contributed by atoms with Crippen LogP contribution in [0.15, 0.2) is 28.0 Å². The van der Waals surface area contributed by atoms with Gasteiger partial charge >= 0.3 is 0 Å². The molecule has 1 atom stereocenters. The highest BCUT2D eigenvalue weighted by atomic mass is 35.5. The number of sulfone groups is 1. The molecule has 2 rings (SSSR count). The van der Waals surface area contributed by atoms with Gasteiger partial charge in [-0.15, -0.1) is 12.4 Å². The number of nitrogens with zero attached hydrogens (tertiary/aromatic N) is 1. The average Bonchev–Trinajstić information content (AvgIpc) is 2.53. The molecule has 0 aromatic heterocycles. The smallest absolute Gasteiger partial charge is 0.246 e. The van der Waals surface area contributed by atoms with Gasteiger partial charge in [0.1, 0.15) is 10.6 Å². The highest BCUT2D eigenvalue weighted by Crippen LogP contribution is 2.31. The Bertz CT molecular complexity index is 780. The normalized spacial score (nSPS) is 19.5. The van der Waals surface area contributed by atoms with Gasteiger partial charge in [-0.05, 0) is 43.5 Å². The second-order valence-electron chi connectivity index (χ2n) is 5.69. The van der Waals surface area contributed by atoms with Crippen LogP contribution < -0.4 is 10.5 Å². The van der Waals surface area contributed by atoms with Crippen molar-refractivity contribution in [2.75, 3.05) is 33.0 Å². The van der Waals surface area contributed by atoms with Crippen LogP contribution in [0.25, 0.3) is 0 Å². The zero-order valence-corrected chi connectivity index (χ0v) is 16.1. The van der Waals surface area contributed by atoms with Crippen molar-refractivity contribution in [3.8, 4) is 5.75 Å². The van der Waals surface area contributed by atoms with Crippen molar-refractivity contribution < 1.29 is 21.6 Å². The van der Waals surface area contributed by atoms with Gasteiger partial charge in [-0.3, -0.25) is 0 Å². The van der Waals surface area contributed by atoms with Gasteiger partial charge in [0, 0.05) is 19.3 Å². The molecule has 138 valence electrons. The van der Waals surface area contributed by atoms with E-state index >= 15 is 0 Å². The molecule has 0 radical (unpaired) electrons. The number of sulfonamides is 1. The Morgan fingerprint density at radius 3 is 2.50 bits per heavy atom. The van der Waals surface area contributed by atoms with Crippen LogP contribution in [0.1, 0.15) is 12.8 Å². The Hall–Kier alpha value is -0.870. The summed E-state index contributed by atoms with van der Waals surface area (Å²) >= 11 is 0. The molecule has 1 heterocycles. The summed E-state index contributed by atoms with van der Waals surface area (Å²) in [4.78, 5) is -0.176. The highest BCUT2D eigenvalue weighted by Gasteiger charge is 2.32. The zero-order chi connectivity index (χ0) is 17.3. The number of rotatable bonds is 5. The number of methoxy groups -OCH3 is 1. The van der Waals surface area contributed by atoms with Crippen LogP contribution in [-0.4, -0.2) is 54.1 Å². The van der Waals surface area contributed by atoms with Crippen LogP contribution in [-0.2, 0) is 19.9 Å². The Labute approximate surface area is 149 Å². The van der Waals surface area contributed by atoms with Crippen molar-refractivity contribution in [3.05, 3.63) is 18.2 Å². The third-order valence-corrected chi connectivity index (χ3v) is 6.99. The first kappa shape index (κ1) is 21.2. The predicted octanol–water partition coefficient (Wildman–Crippen LogP) is 0.880. The van der Waals surface area contributed by atoms with Crippen LogP contribution in [0.5, 0.6) is 5.75 Å². The first-order chi connectivity index (χ1) is 10.7. The molecule has 0 saturated carbocycles. The van der Waals surface area contributed by atoms with Crippen molar-refractivity contribution in [1.29, 1.82) is 0 Å². The lowest BCUT2D eigenvalue weighted by atomic mass is 10.0. The SMILES string of the molecule is COc1ccc(S(C)(=O)=O)cc1S(=O)(=O)N1CCCC(CN)C1.Cl. The fourth-order valence-electron chi connectivity index (χ4n) is 2.67. The monoisotopic (exact) mass is 398 g/mol. The van der Waals surface area contributed by atoms with E-state index in [0.29, 0.717) is 19.6 Å². The summed E-state index contributed by atoms with van der Waals surface area (Å²) in [6.45, 7) is 1.16. The molecule has 7 nitrogen and oxygen atoms in total. The second-order valence-corrected chi connectivity index (χ2v) is 9.61. The number of hydrogen-bond acceptors (Lipinski definition) is 6. The summed E-state index contributed by atoms with van der Waals surface area (Å²) in [6, 6.07) is 3.87. The Balaban J connectivity index is 0.00000288. The third-order valence-electron chi connectivity index (χ3n) is 4.00. The first-order valence-corrected chi connectivity index (χ1v) is 10.6. The minimum atomic E-state index is -3.84. The van der Waals surface area contributed by atoms with E-state index in [0.717, 1.165) is 25.2 Å². The fourth-order valence-corrected chi connectivity index (χ4v) is 5.12. The average molecular weight is 399 g/mol. The van der Waals surface area contributed by atoms with Crippen molar-refractivity contribution in [2.24, 2.45) is 11.7 Å². The summed E-state index contributed by atoms with van der Waals surface area (Å²) < 4.78 is 55.8. The molecule has 1 aliphatic heterocycles.